The number of aliphatic hydroxyl groups excluding tert-OH is 2. The van der Waals surface area contributed by atoms with Gasteiger partial charge in [-0.2, -0.15) is 0 Å². The largest absolute Gasteiger partial charge is 0.491 e. The smallest absolute Gasteiger partial charge is 0.122 e. The standard InChI is InChI=1S/C33H51N5O4/c1-4-10-28-12-5-6-14-33(28)42-25-30(39)21-34-19-9-13-29-23-38(37-36-29)20-8-7-11-27-15-17-32(18-16-27)41-24-31(40)22-35-26(2)3/h5-6,12,14-18,23,26,30-31,34-35,39-40H,4,7-11,13,19-22,24-25H2,1-3H3/t30-,31-/m0/s1. The highest BCUT2D eigenvalue weighted by Crippen LogP contribution is 2.19. The first-order valence-electron chi connectivity index (χ1n) is 15.5. The van der Waals surface area contributed by atoms with Crippen LogP contribution in [-0.4, -0.2) is 76.3 Å². The van der Waals surface area contributed by atoms with Crippen molar-refractivity contribution in [3.05, 3.63) is 71.5 Å². The molecule has 4 N–H and O–H groups in total. The zero-order chi connectivity index (χ0) is 30.0. The first-order chi connectivity index (χ1) is 20.4. The van der Waals surface area contributed by atoms with Gasteiger partial charge >= 0.3 is 0 Å². The van der Waals surface area contributed by atoms with Crippen molar-refractivity contribution in [2.45, 2.75) is 90.5 Å². The summed E-state index contributed by atoms with van der Waals surface area (Å²) < 4.78 is 13.5. The predicted octanol–water partition coefficient (Wildman–Crippen LogP) is 3.95. The van der Waals surface area contributed by atoms with E-state index in [2.05, 4.69) is 59.9 Å². The maximum Gasteiger partial charge on any atom is 0.122 e. The Morgan fingerprint density at radius 1 is 0.857 bits per heavy atom. The molecule has 42 heavy (non-hydrogen) atoms. The van der Waals surface area contributed by atoms with Crippen LogP contribution >= 0.6 is 0 Å². The van der Waals surface area contributed by atoms with Gasteiger partial charge in [-0.25, -0.2) is 0 Å². The summed E-state index contributed by atoms with van der Waals surface area (Å²) >= 11 is 0. The first-order valence-corrected chi connectivity index (χ1v) is 15.5. The van der Waals surface area contributed by atoms with Crippen LogP contribution in [0.4, 0.5) is 0 Å². The molecule has 0 saturated heterocycles. The summed E-state index contributed by atoms with van der Waals surface area (Å²) in [7, 11) is 0. The molecule has 0 spiro atoms. The lowest BCUT2D eigenvalue weighted by atomic mass is 10.1. The normalized spacial score (nSPS) is 12.9. The number of aryl methyl sites for hydroxylation is 4. The molecule has 1 aromatic heterocycles. The second-order valence-corrected chi connectivity index (χ2v) is 11.2. The zero-order valence-corrected chi connectivity index (χ0v) is 25.7. The van der Waals surface area contributed by atoms with Crippen molar-refractivity contribution in [3.8, 4) is 11.5 Å². The third kappa shape index (κ3) is 13.3. The quantitative estimate of drug-likeness (QED) is 0.132. The van der Waals surface area contributed by atoms with Crippen LogP contribution in [0, 0.1) is 0 Å². The molecule has 2 aromatic carbocycles. The third-order valence-electron chi connectivity index (χ3n) is 6.91. The number of hydrogen-bond donors (Lipinski definition) is 4. The fourth-order valence-electron chi connectivity index (χ4n) is 4.57. The molecule has 9 nitrogen and oxygen atoms in total. The van der Waals surface area contributed by atoms with Gasteiger partial charge in [-0.1, -0.05) is 62.7 Å². The Labute approximate surface area is 251 Å². The average Bonchev–Trinajstić information content (AvgIpc) is 3.45. The highest BCUT2D eigenvalue weighted by atomic mass is 16.5. The fraction of sp³-hybridized carbons (Fsp3) is 0.576. The lowest BCUT2D eigenvalue weighted by Gasteiger charge is -2.15. The van der Waals surface area contributed by atoms with Crippen molar-refractivity contribution in [2.24, 2.45) is 0 Å². The van der Waals surface area contributed by atoms with Crippen LogP contribution < -0.4 is 20.1 Å². The van der Waals surface area contributed by atoms with Gasteiger partial charge in [0.2, 0.25) is 0 Å². The van der Waals surface area contributed by atoms with E-state index in [-0.39, 0.29) is 13.2 Å². The summed E-state index contributed by atoms with van der Waals surface area (Å²) in [5, 5.41) is 35.4. The Morgan fingerprint density at radius 3 is 2.40 bits per heavy atom. The second kappa shape index (κ2) is 19.3. The molecule has 0 radical (unpaired) electrons. The van der Waals surface area contributed by atoms with Crippen molar-refractivity contribution in [2.75, 3.05) is 32.8 Å². The van der Waals surface area contributed by atoms with Gasteiger partial charge < -0.3 is 30.3 Å². The minimum atomic E-state index is -0.553. The van der Waals surface area contributed by atoms with Gasteiger partial charge in [0.25, 0.3) is 0 Å². The van der Waals surface area contributed by atoms with Crippen molar-refractivity contribution >= 4 is 0 Å². The Kier molecular flexibility index (Phi) is 15.4. The van der Waals surface area contributed by atoms with Crippen molar-refractivity contribution < 1.29 is 19.7 Å². The zero-order valence-electron chi connectivity index (χ0n) is 25.7. The van der Waals surface area contributed by atoms with Crippen LogP contribution in [0.2, 0.25) is 0 Å². The molecule has 0 unspecified atom stereocenters. The van der Waals surface area contributed by atoms with Crippen LogP contribution in [0.15, 0.2) is 54.7 Å². The number of ether oxygens (including phenoxy) is 2. The van der Waals surface area contributed by atoms with Crippen molar-refractivity contribution in [1.82, 2.24) is 25.6 Å². The molecule has 0 fully saturated rings. The van der Waals surface area contributed by atoms with Crippen LogP contribution in [0.1, 0.15) is 63.3 Å². The van der Waals surface area contributed by atoms with Gasteiger partial charge in [0.1, 0.15) is 36.9 Å². The molecule has 3 rings (SSSR count). The van der Waals surface area contributed by atoms with E-state index in [1.54, 1.807) is 0 Å². The van der Waals surface area contributed by atoms with Gasteiger partial charge in [-0.15, -0.1) is 5.10 Å². The molecular weight excluding hydrogens is 530 g/mol. The van der Waals surface area contributed by atoms with Crippen LogP contribution in [-0.2, 0) is 25.8 Å². The SMILES string of the molecule is CCCc1ccccc1OC[C@@H](O)CNCCCc1cn(CCCCc2ccc(OC[C@@H](O)CNC(C)C)cc2)nn1. The predicted molar refractivity (Wildman–Crippen MR) is 167 cm³/mol. The minimum absolute atomic E-state index is 0.281. The molecule has 3 aromatic rings. The summed E-state index contributed by atoms with van der Waals surface area (Å²) in [5.41, 5.74) is 3.45. The van der Waals surface area contributed by atoms with E-state index in [1.165, 1.54) is 11.1 Å². The number of rotatable bonds is 22. The molecule has 1 heterocycles. The summed E-state index contributed by atoms with van der Waals surface area (Å²) in [6.07, 6.45) is 7.87. The van der Waals surface area contributed by atoms with Crippen molar-refractivity contribution in [3.63, 3.8) is 0 Å². The van der Waals surface area contributed by atoms with Crippen LogP contribution in [0.25, 0.3) is 0 Å². The molecule has 0 aliphatic heterocycles. The van der Waals surface area contributed by atoms with E-state index in [9.17, 15) is 10.2 Å². The summed E-state index contributed by atoms with van der Waals surface area (Å²) in [6.45, 7) is 9.50. The van der Waals surface area contributed by atoms with Gasteiger partial charge in [0.15, 0.2) is 0 Å². The maximum absolute atomic E-state index is 10.3. The fourth-order valence-corrected chi connectivity index (χ4v) is 4.57. The van der Waals surface area contributed by atoms with Gasteiger partial charge in [0.05, 0.1) is 5.69 Å². The highest BCUT2D eigenvalue weighted by molar-refractivity contribution is 5.33. The molecule has 2 atom stereocenters. The number of hydrogen-bond acceptors (Lipinski definition) is 8. The van der Waals surface area contributed by atoms with E-state index >= 15 is 0 Å². The van der Waals surface area contributed by atoms with E-state index in [1.807, 2.05) is 41.2 Å². The van der Waals surface area contributed by atoms with E-state index in [4.69, 9.17) is 9.47 Å². The molecule has 0 saturated carbocycles. The van der Waals surface area contributed by atoms with Gasteiger partial charge in [0, 0.05) is 31.9 Å². The lowest BCUT2D eigenvalue weighted by molar-refractivity contribution is 0.104. The van der Waals surface area contributed by atoms with E-state index in [0.29, 0.717) is 19.1 Å². The number of para-hydroxylation sites is 1. The second-order valence-electron chi connectivity index (χ2n) is 11.2. The maximum atomic E-state index is 10.3. The summed E-state index contributed by atoms with van der Waals surface area (Å²) in [4.78, 5) is 0. The Bertz CT molecular complexity index is 1120. The molecule has 0 aliphatic carbocycles. The van der Waals surface area contributed by atoms with Gasteiger partial charge in [-0.05, 0) is 74.4 Å². The number of benzene rings is 2. The lowest BCUT2D eigenvalue weighted by Crippen LogP contribution is -2.35. The molecule has 9 heteroatoms. The molecule has 232 valence electrons. The molecule has 0 bridgehead atoms. The van der Waals surface area contributed by atoms with E-state index in [0.717, 1.165) is 75.2 Å². The number of aromatic nitrogens is 3. The number of nitrogens with one attached hydrogen (secondary N) is 2. The topological polar surface area (TPSA) is 114 Å². The Balaban J connectivity index is 1.22. The van der Waals surface area contributed by atoms with E-state index < -0.39 is 12.2 Å². The van der Waals surface area contributed by atoms with Crippen LogP contribution in [0.3, 0.4) is 0 Å². The Morgan fingerprint density at radius 2 is 1.62 bits per heavy atom. The van der Waals surface area contributed by atoms with Crippen LogP contribution in [0.5, 0.6) is 11.5 Å². The first kappa shape index (κ1) is 33.5. The number of aliphatic hydroxyl groups is 2. The molecule has 0 amide bonds. The number of nitrogens with zero attached hydrogens (tertiary/aromatic N) is 3. The summed E-state index contributed by atoms with van der Waals surface area (Å²) in [5.74, 6) is 1.64. The molecular formula is C33H51N5O4. The summed E-state index contributed by atoms with van der Waals surface area (Å²) in [6, 6.07) is 16.5. The Hall–Kier alpha value is -2.98. The highest BCUT2D eigenvalue weighted by Gasteiger charge is 2.09. The monoisotopic (exact) mass is 581 g/mol. The number of unbranched alkanes of at least 4 members (excludes halogenated alkanes) is 1. The van der Waals surface area contributed by atoms with Gasteiger partial charge in [-0.3, -0.25) is 4.68 Å². The van der Waals surface area contributed by atoms with Crippen molar-refractivity contribution in [1.29, 1.82) is 0 Å². The third-order valence-corrected chi connectivity index (χ3v) is 6.91. The molecule has 0 aliphatic rings. The average molecular weight is 582 g/mol. The minimum Gasteiger partial charge on any atom is -0.491 e.